The van der Waals surface area contributed by atoms with E-state index in [9.17, 15) is 4.79 Å². The topological polar surface area (TPSA) is 57.2 Å². The van der Waals surface area contributed by atoms with Crippen molar-refractivity contribution in [2.75, 3.05) is 45.9 Å². The van der Waals surface area contributed by atoms with E-state index in [1.165, 1.54) is 0 Å². The van der Waals surface area contributed by atoms with E-state index in [1.54, 1.807) is 6.92 Å². The third-order valence-electron chi connectivity index (χ3n) is 4.16. The summed E-state index contributed by atoms with van der Waals surface area (Å²) in [4.78, 5) is 20.3. The first-order valence-corrected chi connectivity index (χ1v) is 8.89. The highest BCUT2D eigenvalue weighted by Gasteiger charge is 2.21. The number of piperazine rings is 1. The third kappa shape index (κ3) is 6.77. The highest BCUT2D eigenvalue weighted by Crippen LogP contribution is 2.11. The average Bonchev–Trinajstić information content (AvgIpc) is 2.53. The van der Waals surface area contributed by atoms with E-state index in [-0.39, 0.29) is 12.0 Å². The molecule has 1 N–H and O–H groups in total. The lowest BCUT2D eigenvalue weighted by molar-refractivity contribution is -0.130. The average molecular weight is 326 g/mol. The van der Waals surface area contributed by atoms with E-state index in [2.05, 4.69) is 31.0 Å². The van der Waals surface area contributed by atoms with Gasteiger partial charge >= 0.3 is 0 Å². The Kier molecular flexibility index (Phi) is 8.99. The first-order chi connectivity index (χ1) is 11.0. The summed E-state index contributed by atoms with van der Waals surface area (Å²) in [7, 11) is 0. The van der Waals surface area contributed by atoms with Crippen LogP contribution in [-0.2, 0) is 9.53 Å². The monoisotopic (exact) mass is 326 g/mol. The predicted molar refractivity (Wildman–Crippen MR) is 94.7 cm³/mol. The summed E-state index contributed by atoms with van der Waals surface area (Å²) in [6.07, 6.45) is 1.20. The second-order valence-corrected chi connectivity index (χ2v) is 6.26. The van der Waals surface area contributed by atoms with Gasteiger partial charge in [-0.2, -0.15) is 0 Å². The van der Waals surface area contributed by atoms with Crippen molar-refractivity contribution in [3.8, 4) is 0 Å². The second-order valence-electron chi connectivity index (χ2n) is 6.26. The van der Waals surface area contributed by atoms with Crippen LogP contribution in [0.15, 0.2) is 4.99 Å². The molecule has 1 unspecified atom stereocenters. The summed E-state index contributed by atoms with van der Waals surface area (Å²) in [5.41, 5.74) is 0. The van der Waals surface area contributed by atoms with E-state index in [4.69, 9.17) is 9.73 Å². The molecule has 23 heavy (non-hydrogen) atoms. The molecule has 1 rings (SSSR count). The molecule has 0 aromatic heterocycles. The fourth-order valence-electron chi connectivity index (χ4n) is 2.78. The van der Waals surface area contributed by atoms with Crippen LogP contribution in [0.2, 0.25) is 0 Å². The van der Waals surface area contributed by atoms with Crippen LogP contribution < -0.4 is 5.32 Å². The van der Waals surface area contributed by atoms with E-state index in [1.807, 2.05) is 11.8 Å². The zero-order valence-corrected chi connectivity index (χ0v) is 15.5. The zero-order chi connectivity index (χ0) is 17.2. The summed E-state index contributed by atoms with van der Waals surface area (Å²) in [5.74, 6) is 1.62. The Labute approximate surface area is 141 Å². The molecule has 1 atom stereocenters. The summed E-state index contributed by atoms with van der Waals surface area (Å²) >= 11 is 0. The zero-order valence-electron chi connectivity index (χ0n) is 15.5. The molecule has 0 aromatic rings. The van der Waals surface area contributed by atoms with Crippen molar-refractivity contribution in [3.05, 3.63) is 0 Å². The fraction of sp³-hybridized carbons (Fsp3) is 0.882. The smallest absolute Gasteiger partial charge is 0.219 e. The SMILES string of the molecule is CCNC(=NCCC(OCC)C(C)C)N1CCN(C(C)=O)CC1. The van der Waals surface area contributed by atoms with Crippen molar-refractivity contribution >= 4 is 11.9 Å². The van der Waals surface area contributed by atoms with Gasteiger partial charge in [0.2, 0.25) is 5.91 Å². The van der Waals surface area contributed by atoms with Crippen molar-refractivity contribution in [1.82, 2.24) is 15.1 Å². The van der Waals surface area contributed by atoms with Gasteiger partial charge in [0.15, 0.2) is 5.96 Å². The normalized spacial score (nSPS) is 17.6. The van der Waals surface area contributed by atoms with Gasteiger partial charge in [-0.3, -0.25) is 9.79 Å². The molecule has 134 valence electrons. The van der Waals surface area contributed by atoms with E-state index >= 15 is 0 Å². The number of rotatable bonds is 7. The van der Waals surface area contributed by atoms with Gasteiger partial charge < -0.3 is 19.9 Å². The number of carbonyl (C=O) groups excluding carboxylic acids is 1. The van der Waals surface area contributed by atoms with E-state index in [0.29, 0.717) is 5.92 Å². The van der Waals surface area contributed by atoms with Gasteiger partial charge in [0.05, 0.1) is 6.10 Å². The summed E-state index contributed by atoms with van der Waals surface area (Å²) < 4.78 is 5.78. The Bertz CT molecular complexity index is 377. The standard InChI is InChI=1S/C17H34N4O2/c1-6-18-17(19-9-8-16(14(3)4)23-7-2)21-12-10-20(11-13-21)15(5)22/h14,16H,6-13H2,1-5H3,(H,18,19). The number of ether oxygens (including phenoxy) is 1. The van der Waals surface area contributed by atoms with Gasteiger partial charge in [0, 0.05) is 52.8 Å². The minimum atomic E-state index is 0.156. The molecule has 0 radical (unpaired) electrons. The van der Waals surface area contributed by atoms with Crippen LogP contribution in [0.4, 0.5) is 0 Å². The number of nitrogens with one attached hydrogen (secondary N) is 1. The van der Waals surface area contributed by atoms with Crippen LogP contribution in [0, 0.1) is 5.92 Å². The molecule has 0 spiro atoms. The summed E-state index contributed by atoms with van der Waals surface area (Å²) in [6, 6.07) is 0. The summed E-state index contributed by atoms with van der Waals surface area (Å²) in [5, 5.41) is 3.36. The highest BCUT2D eigenvalue weighted by molar-refractivity contribution is 5.80. The molecule has 1 fully saturated rings. The van der Waals surface area contributed by atoms with Gasteiger partial charge in [-0.25, -0.2) is 0 Å². The number of guanidine groups is 1. The van der Waals surface area contributed by atoms with Crippen LogP contribution >= 0.6 is 0 Å². The van der Waals surface area contributed by atoms with Gasteiger partial charge in [-0.15, -0.1) is 0 Å². The number of carbonyl (C=O) groups is 1. The number of nitrogens with zero attached hydrogens (tertiary/aromatic N) is 3. The molecular formula is C17H34N4O2. The molecule has 1 aliphatic rings. The molecule has 0 saturated carbocycles. The first kappa shape index (κ1) is 19.7. The minimum absolute atomic E-state index is 0.156. The highest BCUT2D eigenvalue weighted by atomic mass is 16.5. The lowest BCUT2D eigenvalue weighted by Gasteiger charge is -2.36. The number of hydrogen-bond acceptors (Lipinski definition) is 3. The third-order valence-corrected chi connectivity index (χ3v) is 4.16. The molecule has 1 saturated heterocycles. The Morgan fingerprint density at radius 2 is 1.78 bits per heavy atom. The molecule has 6 heteroatoms. The van der Waals surface area contributed by atoms with Gasteiger partial charge in [-0.1, -0.05) is 13.8 Å². The molecule has 1 heterocycles. The molecule has 1 amide bonds. The maximum absolute atomic E-state index is 11.4. The van der Waals surface area contributed by atoms with Gasteiger partial charge in [0.1, 0.15) is 0 Å². The van der Waals surface area contributed by atoms with Crippen molar-refractivity contribution in [1.29, 1.82) is 0 Å². The number of aliphatic imine (C=N–C) groups is 1. The predicted octanol–water partition coefficient (Wildman–Crippen LogP) is 1.57. The van der Waals surface area contributed by atoms with Crippen molar-refractivity contribution in [2.24, 2.45) is 10.9 Å². The number of amides is 1. The minimum Gasteiger partial charge on any atom is -0.378 e. The van der Waals surface area contributed by atoms with E-state index in [0.717, 1.165) is 58.3 Å². The molecular weight excluding hydrogens is 292 g/mol. The number of hydrogen-bond donors (Lipinski definition) is 1. The lowest BCUT2D eigenvalue weighted by Crippen LogP contribution is -2.53. The van der Waals surface area contributed by atoms with Crippen LogP contribution in [-0.4, -0.2) is 73.6 Å². The Balaban J connectivity index is 2.55. The Morgan fingerprint density at radius 3 is 2.26 bits per heavy atom. The molecule has 1 aliphatic heterocycles. The molecule has 0 aliphatic carbocycles. The van der Waals surface area contributed by atoms with Crippen molar-refractivity contribution < 1.29 is 9.53 Å². The molecule has 6 nitrogen and oxygen atoms in total. The fourth-order valence-corrected chi connectivity index (χ4v) is 2.78. The first-order valence-electron chi connectivity index (χ1n) is 8.89. The van der Waals surface area contributed by atoms with Gasteiger partial charge in [-0.05, 0) is 26.2 Å². The van der Waals surface area contributed by atoms with Crippen molar-refractivity contribution in [2.45, 2.75) is 47.1 Å². The van der Waals surface area contributed by atoms with Crippen LogP contribution in [0.1, 0.15) is 41.0 Å². The van der Waals surface area contributed by atoms with Crippen molar-refractivity contribution in [3.63, 3.8) is 0 Å². The Hall–Kier alpha value is -1.30. The molecule has 0 bridgehead atoms. The summed E-state index contributed by atoms with van der Waals surface area (Å²) in [6.45, 7) is 15.7. The Morgan fingerprint density at radius 1 is 1.17 bits per heavy atom. The maximum atomic E-state index is 11.4. The van der Waals surface area contributed by atoms with Gasteiger partial charge in [0.25, 0.3) is 0 Å². The van der Waals surface area contributed by atoms with Crippen LogP contribution in [0.3, 0.4) is 0 Å². The quantitative estimate of drug-likeness (QED) is 0.570. The second kappa shape index (κ2) is 10.5. The van der Waals surface area contributed by atoms with Crippen LogP contribution in [0.25, 0.3) is 0 Å². The molecule has 0 aromatic carbocycles. The largest absolute Gasteiger partial charge is 0.378 e. The van der Waals surface area contributed by atoms with Crippen LogP contribution in [0.5, 0.6) is 0 Å². The van der Waals surface area contributed by atoms with E-state index < -0.39 is 0 Å². The lowest BCUT2D eigenvalue weighted by atomic mass is 10.0. The maximum Gasteiger partial charge on any atom is 0.219 e.